The van der Waals surface area contributed by atoms with E-state index in [9.17, 15) is 28.8 Å². The maximum absolute atomic E-state index is 13.1. The number of nitrogens with zero attached hydrogens (tertiary/aromatic N) is 6. The Labute approximate surface area is 368 Å². The lowest BCUT2D eigenvalue weighted by Crippen LogP contribution is -2.35. The Bertz CT molecular complexity index is 3030. The number of anilines is 2. The number of hydrogen-bond acceptors (Lipinski definition) is 13. The van der Waals surface area contributed by atoms with Crippen LogP contribution in [0, 0.1) is 0 Å². The number of aliphatic carboxylic acids is 1. The van der Waals surface area contributed by atoms with E-state index in [0.29, 0.717) is 17.0 Å². The number of H-pyrrole nitrogens is 2. The summed E-state index contributed by atoms with van der Waals surface area (Å²) in [6.45, 7) is -0.645. The van der Waals surface area contributed by atoms with E-state index in [-0.39, 0.29) is 56.2 Å². The van der Waals surface area contributed by atoms with Gasteiger partial charge in [0.15, 0.2) is 11.6 Å². The van der Waals surface area contributed by atoms with Crippen molar-refractivity contribution in [3.63, 3.8) is 0 Å². The van der Waals surface area contributed by atoms with Crippen LogP contribution in [0.4, 0.5) is 11.6 Å². The number of aromatic nitrogens is 8. The summed E-state index contributed by atoms with van der Waals surface area (Å²) in [6, 6.07) is 25.7. The summed E-state index contributed by atoms with van der Waals surface area (Å²) in [7, 11) is 1.25. The van der Waals surface area contributed by atoms with Gasteiger partial charge in [-0.15, -0.1) is 0 Å². The third-order valence-corrected chi connectivity index (χ3v) is 9.79. The first-order chi connectivity index (χ1) is 31.6. The van der Waals surface area contributed by atoms with Gasteiger partial charge in [-0.25, -0.2) is 9.97 Å². The first kappa shape index (κ1) is 44.1. The highest BCUT2D eigenvalue weighted by Crippen LogP contribution is 2.20. The second-order valence-electron chi connectivity index (χ2n) is 14.2. The van der Waals surface area contributed by atoms with Crippen LogP contribution in [0.25, 0.3) is 44.3 Å². The monoisotopic (exact) mass is 878 g/mol. The van der Waals surface area contributed by atoms with Crippen molar-refractivity contribution in [2.45, 2.75) is 26.2 Å². The van der Waals surface area contributed by atoms with Crippen LogP contribution in [-0.2, 0) is 50.1 Å². The minimum atomic E-state index is -1.13. The predicted octanol–water partition coefficient (Wildman–Crippen LogP) is 3.29. The molecule has 6 heterocycles. The summed E-state index contributed by atoms with van der Waals surface area (Å²) >= 11 is 0. The highest BCUT2D eigenvalue weighted by atomic mass is 16.5. The van der Waals surface area contributed by atoms with Crippen LogP contribution in [0.1, 0.15) is 11.4 Å². The highest BCUT2D eigenvalue weighted by molar-refractivity contribution is 5.82. The molecule has 8 rings (SSSR count). The van der Waals surface area contributed by atoms with Gasteiger partial charge in [0.25, 0.3) is 11.1 Å². The van der Waals surface area contributed by atoms with Gasteiger partial charge in [-0.05, 0) is 35.4 Å². The van der Waals surface area contributed by atoms with E-state index in [4.69, 9.17) is 5.11 Å². The molecule has 2 amide bonds. The lowest BCUT2D eigenvalue weighted by molar-refractivity contribution is -0.138. The van der Waals surface area contributed by atoms with Crippen molar-refractivity contribution >= 4 is 57.2 Å². The van der Waals surface area contributed by atoms with Gasteiger partial charge in [-0.3, -0.25) is 47.9 Å². The van der Waals surface area contributed by atoms with Gasteiger partial charge in [0.1, 0.15) is 26.2 Å². The number of pyridine rings is 2. The summed E-state index contributed by atoms with van der Waals surface area (Å²) in [4.78, 5) is 96.5. The van der Waals surface area contributed by atoms with Crippen LogP contribution in [-0.4, -0.2) is 88.1 Å². The SMILES string of the molecule is COC(=O)CNc1ncc(-c2ccccc2)n(CC(=O)NCc2cc3cnccc3[nH]2)c1=O.O=C(O)CNc1ncc(-c2ccccc2)n(CC(=O)NCc2cc3cnccc3[nH]2)c1=O. The van der Waals surface area contributed by atoms with Crippen molar-refractivity contribution in [2.24, 2.45) is 0 Å². The van der Waals surface area contributed by atoms with Crippen molar-refractivity contribution in [3.8, 4) is 22.5 Å². The van der Waals surface area contributed by atoms with E-state index < -0.39 is 29.6 Å². The standard InChI is InChI=1S/C23H22N6O4.C22H20N6O4/c1-33-21(31)13-27-22-23(32)29(19(12-26-22)15-5-3-2-4-6-15)14-20(30)25-11-17-9-16-10-24-8-7-18(16)28-17;29-19(24-10-16-8-15-9-23-7-6-17(15)27-16)13-28-18(14-4-2-1-3-5-14)11-25-21(22(28)32)26-12-20(30)31/h2-10,12,28H,11,13-14H2,1H3,(H,25,30)(H,26,27);1-9,11,27H,10,12-13H2,(H,24,29)(H,25,26)(H,30,31). The number of methoxy groups -OCH3 is 1. The third-order valence-electron chi connectivity index (χ3n) is 9.79. The Kier molecular flexibility index (Phi) is 14.1. The number of benzene rings is 2. The van der Waals surface area contributed by atoms with Gasteiger partial charge in [-0.1, -0.05) is 60.7 Å². The van der Waals surface area contributed by atoms with Gasteiger partial charge < -0.3 is 41.1 Å². The molecule has 0 bridgehead atoms. The number of hydrogen-bond donors (Lipinski definition) is 7. The third kappa shape index (κ3) is 11.3. The molecule has 8 aromatic rings. The lowest BCUT2D eigenvalue weighted by atomic mass is 10.1. The zero-order chi connectivity index (χ0) is 45.7. The molecule has 65 heavy (non-hydrogen) atoms. The summed E-state index contributed by atoms with van der Waals surface area (Å²) in [6.07, 6.45) is 9.77. The molecule has 0 fully saturated rings. The minimum absolute atomic E-state index is 0.0454. The molecular formula is C45H42N12O8. The van der Waals surface area contributed by atoms with E-state index >= 15 is 0 Å². The smallest absolute Gasteiger partial charge is 0.325 e. The Balaban J connectivity index is 0.000000194. The fourth-order valence-electron chi connectivity index (χ4n) is 6.64. The molecule has 20 heteroatoms. The summed E-state index contributed by atoms with van der Waals surface area (Å²) < 4.78 is 7.19. The van der Waals surface area contributed by atoms with Gasteiger partial charge in [-0.2, -0.15) is 0 Å². The zero-order valence-corrected chi connectivity index (χ0v) is 34.8. The molecule has 0 saturated heterocycles. The Morgan fingerprint density at radius 3 is 1.49 bits per heavy atom. The number of carboxylic acids is 1. The number of aromatic amines is 2. The number of amides is 2. The molecule has 0 saturated carbocycles. The van der Waals surface area contributed by atoms with Crippen LogP contribution in [0.3, 0.4) is 0 Å². The topological polar surface area (TPSA) is 273 Å². The van der Waals surface area contributed by atoms with E-state index in [1.54, 1.807) is 36.9 Å². The fourth-order valence-corrected chi connectivity index (χ4v) is 6.64. The first-order valence-corrected chi connectivity index (χ1v) is 20.0. The lowest BCUT2D eigenvalue weighted by Gasteiger charge is -2.14. The van der Waals surface area contributed by atoms with Crippen molar-refractivity contribution in [2.75, 3.05) is 30.8 Å². The summed E-state index contributed by atoms with van der Waals surface area (Å²) in [5, 5.41) is 21.5. The van der Waals surface area contributed by atoms with Gasteiger partial charge in [0, 0.05) is 58.0 Å². The normalized spacial score (nSPS) is 10.7. The Hall–Kier alpha value is -8.94. The molecule has 330 valence electrons. The quantitative estimate of drug-likeness (QED) is 0.0687. The van der Waals surface area contributed by atoms with Gasteiger partial charge in [0.2, 0.25) is 11.8 Å². The second-order valence-corrected chi connectivity index (χ2v) is 14.2. The Morgan fingerprint density at radius 2 is 1.08 bits per heavy atom. The van der Waals surface area contributed by atoms with E-state index in [2.05, 4.69) is 55.9 Å². The van der Waals surface area contributed by atoms with Crippen LogP contribution in [0.5, 0.6) is 0 Å². The molecule has 0 unspecified atom stereocenters. The predicted molar refractivity (Wildman–Crippen MR) is 240 cm³/mol. The van der Waals surface area contributed by atoms with Crippen LogP contribution in [0.15, 0.2) is 132 Å². The number of ether oxygens (including phenoxy) is 1. The number of nitrogens with one attached hydrogen (secondary N) is 6. The maximum Gasteiger partial charge on any atom is 0.325 e. The van der Waals surface area contributed by atoms with E-state index in [1.165, 1.54) is 28.6 Å². The number of esters is 1. The molecule has 6 aromatic heterocycles. The van der Waals surface area contributed by atoms with Gasteiger partial charge in [0.05, 0.1) is 44.0 Å². The van der Waals surface area contributed by atoms with E-state index in [0.717, 1.165) is 38.8 Å². The van der Waals surface area contributed by atoms with Crippen LogP contribution in [0.2, 0.25) is 0 Å². The maximum atomic E-state index is 13.1. The second kappa shape index (κ2) is 20.8. The van der Waals surface area contributed by atoms with Crippen molar-refractivity contribution in [1.29, 1.82) is 0 Å². The molecule has 0 aliphatic heterocycles. The molecule has 2 aromatic carbocycles. The zero-order valence-electron chi connectivity index (χ0n) is 34.8. The van der Waals surface area contributed by atoms with Crippen molar-refractivity contribution < 1.29 is 29.0 Å². The Morgan fingerprint density at radius 1 is 0.631 bits per heavy atom. The minimum Gasteiger partial charge on any atom is -0.480 e. The van der Waals surface area contributed by atoms with E-state index in [1.807, 2.05) is 72.8 Å². The number of carbonyl (C=O) groups is 4. The fraction of sp³-hybridized carbons (Fsp3) is 0.156. The number of carboxylic acid groups (broad SMARTS) is 1. The highest BCUT2D eigenvalue weighted by Gasteiger charge is 2.18. The molecule has 20 nitrogen and oxygen atoms in total. The molecule has 0 aliphatic carbocycles. The molecule has 0 radical (unpaired) electrons. The van der Waals surface area contributed by atoms with Crippen LogP contribution < -0.4 is 32.4 Å². The molecular weight excluding hydrogens is 837 g/mol. The molecule has 0 atom stereocenters. The average Bonchev–Trinajstić information content (AvgIpc) is 3.95. The number of fused-ring (bicyclic) bond motifs is 2. The number of rotatable bonds is 16. The summed E-state index contributed by atoms with van der Waals surface area (Å²) in [5.74, 6) is -2.58. The number of carbonyl (C=O) groups excluding carboxylic acids is 3. The van der Waals surface area contributed by atoms with Crippen molar-refractivity contribution in [3.05, 3.63) is 154 Å². The summed E-state index contributed by atoms with van der Waals surface area (Å²) in [5.41, 5.74) is 4.72. The molecule has 7 N–H and O–H groups in total. The molecule has 0 spiro atoms. The average molecular weight is 879 g/mol. The first-order valence-electron chi connectivity index (χ1n) is 20.0. The van der Waals surface area contributed by atoms with Crippen molar-refractivity contribution in [1.82, 2.24) is 49.7 Å². The molecule has 0 aliphatic rings. The van der Waals surface area contributed by atoms with Crippen LogP contribution >= 0.6 is 0 Å². The van der Waals surface area contributed by atoms with Gasteiger partial charge >= 0.3 is 11.9 Å². The largest absolute Gasteiger partial charge is 0.480 e.